The molecule has 0 fully saturated rings. The van der Waals surface area contributed by atoms with E-state index in [0.29, 0.717) is 0 Å². The van der Waals surface area contributed by atoms with Gasteiger partial charge in [0.05, 0.1) is 22.7 Å². The third kappa shape index (κ3) is 5.97. The molecule has 0 aliphatic rings. The van der Waals surface area contributed by atoms with Crippen molar-refractivity contribution in [1.82, 2.24) is 0 Å². The molecule has 0 aliphatic carbocycles. The van der Waals surface area contributed by atoms with Gasteiger partial charge in [-0.3, -0.25) is 0 Å². The highest BCUT2D eigenvalue weighted by atomic mass is 16.3. The normalized spacial score (nSPS) is 12.5. The highest BCUT2D eigenvalue weighted by molar-refractivity contribution is 6.29. The molecule has 12 aromatic rings. The number of rotatable bonds is 6. The van der Waals surface area contributed by atoms with Gasteiger partial charge >= 0.3 is 0 Å². The van der Waals surface area contributed by atoms with Gasteiger partial charge in [-0.1, -0.05) is 175 Å². The largest absolute Gasteiger partial charge is 0.454 e. The van der Waals surface area contributed by atoms with Crippen molar-refractivity contribution in [2.45, 2.75) is 66.2 Å². The Balaban J connectivity index is 1.13. The van der Waals surface area contributed by atoms with Crippen LogP contribution in [0.1, 0.15) is 63.8 Å². The highest BCUT2D eigenvalue weighted by Gasteiger charge is 2.29. The van der Waals surface area contributed by atoms with Gasteiger partial charge in [-0.05, 0) is 93.7 Å². The smallest absolute Gasteiger partial charge is 0.159 e. The van der Waals surface area contributed by atoms with Crippen LogP contribution in [0.4, 0.5) is 34.1 Å². The molecule has 12 rings (SSSR count). The van der Waals surface area contributed by atoms with E-state index in [1.807, 2.05) is 0 Å². The molecule has 2 aromatic heterocycles. The summed E-state index contributed by atoms with van der Waals surface area (Å²) in [5.74, 6) is 0. The van der Waals surface area contributed by atoms with Crippen LogP contribution in [0.15, 0.2) is 179 Å². The van der Waals surface area contributed by atoms with Crippen LogP contribution in [-0.2, 0) is 10.8 Å². The van der Waals surface area contributed by atoms with E-state index in [1.165, 1.54) is 54.6 Å². The first-order valence-electron chi connectivity index (χ1n) is 23.2. The Morgan fingerprint density at radius 1 is 0.303 bits per heavy atom. The number of anilines is 6. The van der Waals surface area contributed by atoms with Gasteiger partial charge in [-0.25, -0.2) is 0 Å². The van der Waals surface area contributed by atoms with Crippen LogP contribution in [0.25, 0.3) is 76.2 Å². The van der Waals surface area contributed by atoms with Gasteiger partial charge in [0.15, 0.2) is 11.2 Å². The quantitative estimate of drug-likeness (QED) is 0.156. The first-order chi connectivity index (χ1) is 31.9. The molecule has 0 aliphatic heterocycles. The van der Waals surface area contributed by atoms with Gasteiger partial charge in [0.25, 0.3) is 0 Å². The lowest BCUT2D eigenvalue weighted by atomic mass is 9.86. The van der Waals surface area contributed by atoms with Gasteiger partial charge < -0.3 is 18.6 Å². The van der Waals surface area contributed by atoms with Crippen LogP contribution in [-0.4, -0.2) is 0 Å². The second-order valence-electron chi connectivity index (χ2n) is 20.2. The fourth-order valence-electron chi connectivity index (χ4n) is 10.7. The van der Waals surface area contributed by atoms with E-state index in [0.717, 1.165) is 78.0 Å². The van der Waals surface area contributed by atoms with Crippen LogP contribution >= 0.6 is 0 Å². The predicted molar refractivity (Wildman–Crippen MR) is 281 cm³/mol. The molecule has 0 saturated heterocycles. The van der Waals surface area contributed by atoms with E-state index in [-0.39, 0.29) is 10.8 Å². The van der Waals surface area contributed by atoms with Gasteiger partial charge in [0, 0.05) is 54.8 Å². The van der Waals surface area contributed by atoms with Crippen molar-refractivity contribution in [2.75, 3.05) is 9.80 Å². The third-order valence-electron chi connectivity index (χ3n) is 13.9. The molecule has 0 bridgehead atoms. The van der Waals surface area contributed by atoms with Gasteiger partial charge in [-0.2, -0.15) is 0 Å². The summed E-state index contributed by atoms with van der Waals surface area (Å²) in [5.41, 5.74) is 14.7. The summed E-state index contributed by atoms with van der Waals surface area (Å²) in [4.78, 5) is 4.86. The predicted octanol–water partition coefficient (Wildman–Crippen LogP) is 18.5. The Bertz CT molecular complexity index is 3630. The Morgan fingerprint density at radius 2 is 0.652 bits per heavy atom. The van der Waals surface area contributed by atoms with Crippen molar-refractivity contribution in [2.24, 2.45) is 0 Å². The summed E-state index contributed by atoms with van der Waals surface area (Å²) in [7, 11) is 0. The number of hydrogen-bond acceptors (Lipinski definition) is 4. The number of hydrogen-bond donors (Lipinski definition) is 0. The number of aryl methyl sites for hydroxylation is 2. The van der Waals surface area contributed by atoms with Crippen molar-refractivity contribution >= 4 is 110 Å². The Morgan fingerprint density at radius 3 is 1.05 bits per heavy atom. The lowest BCUT2D eigenvalue weighted by Crippen LogP contribution is -2.13. The third-order valence-corrected chi connectivity index (χ3v) is 13.9. The van der Waals surface area contributed by atoms with E-state index in [2.05, 4.69) is 235 Å². The molecule has 0 N–H and O–H groups in total. The minimum atomic E-state index is -0.0860. The van der Waals surface area contributed by atoms with Crippen LogP contribution in [0.2, 0.25) is 0 Å². The van der Waals surface area contributed by atoms with Crippen LogP contribution in [0, 0.1) is 13.8 Å². The number of fused-ring (bicyclic) bond motifs is 6. The average Bonchev–Trinajstić information content (AvgIpc) is 3.89. The minimum Gasteiger partial charge on any atom is -0.454 e. The van der Waals surface area contributed by atoms with Crippen molar-refractivity contribution < 1.29 is 8.83 Å². The van der Waals surface area contributed by atoms with Crippen LogP contribution < -0.4 is 9.80 Å². The van der Waals surface area contributed by atoms with E-state index in [9.17, 15) is 0 Å². The second-order valence-corrected chi connectivity index (χ2v) is 20.2. The van der Waals surface area contributed by atoms with E-state index in [4.69, 9.17) is 8.83 Å². The van der Waals surface area contributed by atoms with Crippen LogP contribution in [0.3, 0.4) is 0 Å². The van der Waals surface area contributed by atoms with E-state index in [1.54, 1.807) is 0 Å². The summed E-state index contributed by atoms with van der Waals surface area (Å²) in [6.07, 6.45) is 0. The summed E-state index contributed by atoms with van der Waals surface area (Å²) in [5, 5.41) is 11.7. The molecule has 0 spiro atoms. The molecule has 0 saturated carbocycles. The molecule has 66 heavy (non-hydrogen) atoms. The Hall–Kier alpha value is -7.56. The number of nitrogens with zero attached hydrogens (tertiary/aromatic N) is 2. The maximum Gasteiger partial charge on any atom is 0.159 e. The van der Waals surface area contributed by atoms with Gasteiger partial charge in [-0.15, -0.1) is 0 Å². The van der Waals surface area contributed by atoms with Gasteiger partial charge in [0.1, 0.15) is 11.2 Å². The van der Waals surface area contributed by atoms with E-state index >= 15 is 0 Å². The summed E-state index contributed by atoms with van der Waals surface area (Å²) >= 11 is 0. The monoisotopic (exact) mass is 856 g/mol. The lowest BCUT2D eigenvalue weighted by Gasteiger charge is -2.30. The number of benzene rings is 10. The topological polar surface area (TPSA) is 32.8 Å². The van der Waals surface area contributed by atoms with Crippen molar-refractivity contribution in [3.8, 4) is 0 Å². The summed E-state index contributed by atoms with van der Waals surface area (Å²) in [6, 6.07) is 62.2. The maximum atomic E-state index is 7.08. The molecule has 4 heteroatoms. The SMILES string of the molecule is Cc1ccccc1N(c1ccc2ccc3c(N(c4ccccc4C)c4cccc5c4oc4c(C(C)(C)C)cccc45)ccc4ccc1c2c43)c1cccc2c1oc1c(C(C)(C)C)cccc12. The molecule has 0 atom stereocenters. The molecule has 322 valence electrons. The zero-order valence-electron chi connectivity index (χ0n) is 38.9. The molecule has 0 amide bonds. The van der Waals surface area contributed by atoms with Crippen LogP contribution in [0.5, 0.6) is 0 Å². The molecular formula is C62H52N2O2. The lowest BCUT2D eigenvalue weighted by molar-refractivity contribution is 0.572. The molecular weight excluding hydrogens is 805 g/mol. The first-order valence-corrected chi connectivity index (χ1v) is 23.2. The van der Waals surface area contributed by atoms with Crippen molar-refractivity contribution in [3.63, 3.8) is 0 Å². The first kappa shape index (κ1) is 40.0. The maximum absolute atomic E-state index is 7.08. The molecule has 0 unspecified atom stereocenters. The molecule has 10 aromatic carbocycles. The summed E-state index contributed by atoms with van der Waals surface area (Å²) in [6.45, 7) is 17.9. The number of para-hydroxylation sites is 6. The molecule has 2 heterocycles. The fraction of sp³-hybridized carbons (Fsp3) is 0.161. The van der Waals surface area contributed by atoms with Crippen molar-refractivity contribution in [3.05, 3.63) is 192 Å². The molecule has 0 radical (unpaired) electrons. The fourth-order valence-corrected chi connectivity index (χ4v) is 10.7. The van der Waals surface area contributed by atoms with E-state index < -0.39 is 0 Å². The zero-order chi connectivity index (χ0) is 45.2. The Labute approximate surface area is 385 Å². The zero-order valence-corrected chi connectivity index (χ0v) is 38.9. The van der Waals surface area contributed by atoms with Crippen molar-refractivity contribution in [1.29, 1.82) is 0 Å². The number of furan rings is 2. The minimum absolute atomic E-state index is 0.0860. The Kier molecular flexibility index (Phi) is 8.77. The highest BCUT2D eigenvalue weighted by Crippen LogP contribution is 2.51. The molecule has 4 nitrogen and oxygen atoms in total. The average molecular weight is 857 g/mol. The summed E-state index contributed by atoms with van der Waals surface area (Å²) < 4.78 is 14.2. The second kappa shape index (κ2) is 14.5. The standard InChI is InChI=1S/C62H52N2O2/c1-37-17-9-11-25-49(37)63(53-27-15-21-43-41-19-13-23-47(61(3,4)5)57(41)65-59(43)53)51-35-31-39-30-34-46-52(36-32-40-29-33-45(51)55(39)56(40)46)64(50-26-12-10-18-38(50)2)54-28-16-22-44-42-20-14-24-48(62(6,7)8)58(42)66-60(44)54/h9-36H,1-8H3. The van der Waals surface area contributed by atoms with Gasteiger partial charge in [0.2, 0.25) is 0 Å².